The lowest BCUT2D eigenvalue weighted by molar-refractivity contribution is -0.127. The Morgan fingerprint density at radius 2 is 1.65 bits per heavy atom. The Morgan fingerprint density at radius 3 is 2.35 bits per heavy atom. The van der Waals surface area contributed by atoms with Gasteiger partial charge in [0.05, 0.1) is 0 Å². The van der Waals surface area contributed by atoms with Crippen LogP contribution in [0.4, 0.5) is 9.18 Å². The van der Waals surface area contributed by atoms with Gasteiger partial charge in [-0.1, -0.05) is 42.5 Å². The van der Waals surface area contributed by atoms with Gasteiger partial charge in [-0.05, 0) is 24.1 Å². The fraction of sp³-hybridized carbons (Fsp3) is 0.400. The maximum atomic E-state index is 14.5. The summed E-state index contributed by atoms with van der Waals surface area (Å²) in [6, 6.07) is 13.8. The number of benzene rings is 2. The minimum Gasteiger partial charge on any atom is -0.340 e. The highest BCUT2D eigenvalue weighted by atomic mass is 19.1. The van der Waals surface area contributed by atoms with Crippen LogP contribution in [0.25, 0.3) is 0 Å². The summed E-state index contributed by atoms with van der Waals surface area (Å²) in [7, 11) is 1.63. The van der Waals surface area contributed by atoms with E-state index >= 15 is 0 Å². The van der Waals surface area contributed by atoms with Crippen LogP contribution < -0.4 is 5.32 Å². The summed E-state index contributed by atoms with van der Waals surface area (Å²) in [6.45, 7) is 6.37. The van der Waals surface area contributed by atoms with Gasteiger partial charge in [-0.15, -0.1) is 0 Å². The lowest BCUT2D eigenvalue weighted by Gasteiger charge is -2.40. The van der Waals surface area contributed by atoms with E-state index in [4.69, 9.17) is 4.99 Å². The van der Waals surface area contributed by atoms with Crippen molar-refractivity contribution in [2.75, 3.05) is 33.2 Å². The molecule has 1 N–H and O–H groups in total. The predicted octanol–water partition coefficient (Wildman–Crippen LogP) is 2.00. The first-order chi connectivity index (χ1) is 16.4. The Kier molecular flexibility index (Phi) is 5.95. The predicted molar refractivity (Wildman–Crippen MR) is 126 cm³/mol. The third-order valence-corrected chi connectivity index (χ3v) is 6.95. The van der Waals surface area contributed by atoms with Crippen molar-refractivity contribution in [2.24, 2.45) is 4.99 Å². The van der Waals surface area contributed by atoms with E-state index < -0.39 is 24.1 Å². The van der Waals surface area contributed by atoms with E-state index in [0.29, 0.717) is 11.5 Å². The van der Waals surface area contributed by atoms with Crippen molar-refractivity contribution in [3.63, 3.8) is 0 Å². The van der Waals surface area contributed by atoms with E-state index in [9.17, 15) is 14.0 Å². The summed E-state index contributed by atoms with van der Waals surface area (Å²) in [5, 5.41) is 2.41. The van der Waals surface area contributed by atoms with Gasteiger partial charge < -0.3 is 14.7 Å². The highest BCUT2D eigenvalue weighted by Gasteiger charge is 2.50. The molecule has 2 aromatic rings. The second-order valence-corrected chi connectivity index (χ2v) is 9.10. The largest absolute Gasteiger partial charge is 0.340 e. The van der Waals surface area contributed by atoms with Crippen molar-refractivity contribution < 1.29 is 14.0 Å². The first-order valence-electron chi connectivity index (χ1n) is 11.6. The lowest BCUT2D eigenvalue weighted by Crippen LogP contribution is -2.64. The fourth-order valence-corrected chi connectivity index (χ4v) is 4.89. The topological polar surface area (TPSA) is 71.5 Å². The lowest BCUT2D eigenvalue weighted by atomic mass is 10.1. The van der Waals surface area contributed by atoms with Gasteiger partial charge in [-0.3, -0.25) is 15.0 Å². The maximum absolute atomic E-state index is 14.5. The Bertz CT molecular complexity index is 1130. The number of fused-ring (bicyclic) bond motifs is 1. The molecule has 2 unspecified atom stereocenters. The van der Waals surface area contributed by atoms with Crippen LogP contribution in [-0.2, 0) is 17.9 Å². The molecule has 9 heteroatoms. The zero-order valence-electron chi connectivity index (χ0n) is 19.4. The number of hydrogen-bond acceptors (Lipinski definition) is 6. The third kappa shape index (κ3) is 4.11. The number of urea groups is 1. The summed E-state index contributed by atoms with van der Waals surface area (Å²) < 4.78 is 14.5. The van der Waals surface area contributed by atoms with Gasteiger partial charge >= 0.3 is 6.03 Å². The Balaban J connectivity index is 1.36. The number of halogens is 1. The van der Waals surface area contributed by atoms with Crippen LogP contribution in [0.15, 0.2) is 53.5 Å². The fourth-order valence-electron chi connectivity index (χ4n) is 4.89. The number of imide groups is 1. The number of nitrogens with zero attached hydrogens (tertiary/aromatic N) is 5. The molecule has 2 atom stereocenters. The molecule has 5 rings (SSSR count). The number of hydrogen-bond donors (Lipinski definition) is 1. The number of nitrogens with one attached hydrogen (secondary N) is 1. The number of aryl methyl sites for hydroxylation is 1. The molecule has 0 radical (unpaired) electrons. The molecule has 3 aliphatic rings. The highest BCUT2D eigenvalue weighted by Crippen LogP contribution is 2.28. The van der Waals surface area contributed by atoms with Crippen LogP contribution in [0.5, 0.6) is 0 Å². The Labute approximate surface area is 198 Å². The van der Waals surface area contributed by atoms with Crippen LogP contribution in [0.3, 0.4) is 0 Å². The maximum Gasteiger partial charge on any atom is 0.325 e. The molecule has 2 saturated heterocycles. The van der Waals surface area contributed by atoms with Crippen molar-refractivity contribution in [1.29, 1.82) is 0 Å². The quantitative estimate of drug-likeness (QED) is 0.750. The molecule has 2 fully saturated rings. The number of aliphatic imine (C=N–C) groups is 1. The number of guanidine groups is 1. The van der Waals surface area contributed by atoms with Crippen molar-refractivity contribution in [3.05, 3.63) is 71.0 Å². The van der Waals surface area contributed by atoms with Crippen LogP contribution in [0, 0.1) is 12.7 Å². The van der Waals surface area contributed by atoms with Crippen molar-refractivity contribution >= 4 is 17.9 Å². The van der Waals surface area contributed by atoms with Gasteiger partial charge in [-0.25, -0.2) is 14.2 Å². The Hall–Kier alpha value is -3.46. The molecular weight excluding hydrogens is 435 g/mol. The average molecular weight is 465 g/mol. The molecule has 8 nitrogen and oxygen atoms in total. The van der Waals surface area contributed by atoms with E-state index in [0.717, 1.165) is 32.7 Å². The number of piperazine rings is 1. The highest BCUT2D eigenvalue weighted by molar-refractivity contribution is 6.03. The molecule has 0 saturated carbocycles. The first-order valence-corrected chi connectivity index (χ1v) is 11.6. The van der Waals surface area contributed by atoms with E-state index in [1.165, 1.54) is 22.1 Å². The molecule has 0 aliphatic carbocycles. The second-order valence-electron chi connectivity index (χ2n) is 9.10. The van der Waals surface area contributed by atoms with Crippen LogP contribution >= 0.6 is 0 Å². The van der Waals surface area contributed by atoms with Gasteiger partial charge in [-0.2, -0.15) is 0 Å². The molecule has 3 amide bonds. The second kappa shape index (κ2) is 9.06. The van der Waals surface area contributed by atoms with Crippen LogP contribution in [-0.4, -0.2) is 82.9 Å². The molecule has 0 bridgehead atoms. The number of rotatable bonds is 4. The van der Waals surface area contributed by atoms with Gasteiger partial charge in [0.1, 0.15) is 5.82 Å². The minimum absolute atomic E-state index is 0.200. The molecule has 178 valence electrons. The number of carbonyl (C=O) groups is 2. The monoisotopic (exact) mass is 464 g/mol. The van der Waals surface area contributed by atoms with E-state index in [1.807, 2.05) is 4.90 Å². The number of likely N-dealkylation sites (N-methyl/N-ethyl adjacent to an activating group) is 1. The smallest absolute Gasteiger partial charge is 0.325 e. The zero-order valence-corrected chi connectivity index (χ0v) is 19.4. The summed E-state index contributed by atoms with van der Waals surface area (Å²) >= 11 is 0. The summed E-state index contributed by atoms with van der Waals surface area (Å²) in [4.78, 5) is 37.7. The SMILES string of the molecule is Cc1ccccc1CN1CCN(C2=NC3C(C(=O)NC(=O)N3C)N2Cc2ccccc2F)CC1. The summed E-state index contributed by atoms with van der Waals surface area (Å²) in [5.74, 6) is -0.0825. The van der Waals surface area contributed by atoms with Gasteiger partial charge in [0.25, 0.3) is 5.91 Å². The standard InChI is InChI=1S/C25H29FN6O2/c1-17-7-3-4-8-18(17)15-30-11-13-31(14-12-30)24-27-22-21(23(33)28-25(34)29(22)2)32(24)16-19-9-5-6-10-20(19)26/h3-10,21-22H,11-16H2,1-2H3,(H,28,33,34). The van der Waals surface area contributed by atoms with Crippen LogP contribution in [0.2, 0.25) is 0 Å². The molecule has 3 aliphatic heterocycles. The molecule has 34 heavy (non-hydrogen) atoms. The van der Waals surface area contributed by atoms with Gasteiger partial charge in [0.15, 0.2) is 18.2 Å². The van der Waals surface area contributed by atoms with Crippen molar-refractivity contribution in [3.8, 4) is 0 Å². The number of carbonyl (C=O) groups excluding carboxylic acids is 2. The molecule has 3 heterocycles. The third-order valence-electron chi connectivity index (χ3n) is 6.95. The normalized spacial score (nSPS) is 23.1. The minimum atomic E-state index is -0.692. The van der Waals surface area contributed by atoms with Gasteiger partial charge in [0.2, 0.25) is 0 Å². The molecule has 2 aromatic carbocycles. The summed E-state index contributed by atoms with van der Waals surface area (Å²) in [6.07, 6.45) is -0.631. The summed E-state index contributed by atoms with van der Waals surface area (Å²) in [5.41, 5.74) is 3.09. The van der Waals surface area contributed by atoms with Crippen molar-refractivity contribution in [1.82, 2.24) is 24.9 Å². The van der Waals surface area contributed by atoms with Gasteiger partial charge in [0, 0.05) is 51.9 Å². The number of amides is 3. The Morgan fingerprint density at radius 1 is 0.971 bits per heavy atom. The zero-order chi connectivity index (χ0) is 23.8. The van der Waals surface area contributed by atoms with Crippen LogP contribution in [0.1, 0.15) is 16.7 Å². The first kappa shape index (κ1) is 22.3. The van der Waals surface area contributed by atoms with Crippen molar-refractivity contribution in [2.45, 2.75) is 32.2 Å². The molecule has 0 spiro atoms. The van der Waals surface area contributed by atoms with E-state index in [-0.39, 0.29) is 12.4 Å². The van der Waals surface area contributed by atoms with E-state index in [2.05, 4.69) is 46.3 Å². The average Bonchev–Trinajstić information content (AvgIpc) is 3.21. The molecular formula is C25H29FN6O2. The molecule has 0 aromatic heterocycles. The van der Waals surface area contributed by atoms with E-state index in [1.54, 1.807) is 25.2 Å².